The van der Waals surface area contributed by atoms with Gasteiger partial charge >= 0.3 is 5.97 Å². The van der Waals surface area contributed by atoms with Crippen molar-refractivity contribution in [3.63, 3.8) is 0 Å². The van der Waals surface area contributed by atoms with E-state index in [1.807, 2.05) is 6.08 Å². The van der Waals surface area contributed by atoms with Crippen molar-refractivity contribution < 1.29 is 14.6 Å². The summed E-state index contributed by atoms with van der Waals surface area (Å²) >= 11 is 0. The molecule has 28 heavy (non-hydrogen) atoms. The quantitative estimate of drug-likeness (QED) is 0.407. The zero-order valence-electron chi connectivity index (χ0n) is 18.1. The summed E-state index contributed by atoms with van der Waals surface area (Å²) in [5, 5.41) is 10.2. The van der Waals surface area contributed by atoms with Crippen LogP contribution in [0.3, 0.4) is 0 Å². The van der Waals surface area contributed by atoms with Gasteiger partial charge in [-0.15, -0.1) is 0 Å². The summed E-state index contributed by atoms with van der Waals surface area (Å²) in [7, 11) is 1.44. The highest BCUT2D eigenvalue weighted by molar-refractivity contribution is 5.81. The fraction of sp³-hybridized carbons (Fsp3) is 0.800. The molecule has 0 aromatic rings. The van der Waals surface area contributed by atoms with E-state index in [9.17, 15) is 9.90 Å². The lowest BCUT2D eigenvalue weighted by atomic mass is 9.44. The molecule has 0 spiro atoms. The lowest BCUT2D eigenvalue weighted by molar-refractivity contribution is -0.134. The van der Waals surface area contributed by atoms with Gasteiger partial charge in [0.1, 0.15) is 0 Å². The van der Waals surface area contributed by atoms with Crippen LogP contribution in [0.2, 0.25) is 0 Å². The first kappa shape index (κ1) is 20.2. The van der Waals surface area contributed by atoms with E-state index < -0.39 is 0 Å². The molecular formula is C25H38O3. The Morgan fingerprint density at radius 3 is 2.75 bits per heavy atom. The number of hydrogen-bond donors (Lipinski definition) is 1. The molecule has 0 unspecified atom stereocenters. The SMILES string of the molecule is COC(=O)/C=C/[C@@H](C)C1=CC[C@H]2[C@@H]3CC[C@@H]4C[C@@H](O)CC[C@]4(C)[C@H]3CC[C@]12C. The van der Waals surface area contributed by atoms with Gasteiger partial charge in [-0.05, 0) is 91.8 Å². The van der Waals surface area contributed by atoms with Crippen LogP contribution >= 0.6 is 0 Å². The maximum Gasteiger partial charge on any atom is 0.330 e. The van der Waals surface area contributed by atoms with Crippen molar-refractivity contribution in [3.8, 4) is 0 Å². The molecule has 3 saturated carbocycles. The van der Waals surface area contributed by atoms with E-state index in [4.69, 9.17) is 4.74 Å². The van der Waals surface area contributed by atoms with Crippen LogP contribution < -0.4 is 0 Å². The number of hydrogen-bond acceptors (Lipinski definition) is 3. The van der Waals surface area contributed by atoms with E-state index in [1.165, 1.54) is 45.6 Å². The molecule has 4 aliphatic carbocycles. The van der Waals surface area contributed by atoms with Crippen molar-refractivity contribution in [2.75, 3.05) is 7.11 Å². The third kappa shape index (κ3) is 3.09. The van der Waals surface area contributed by atoms with Crippen molar-refractivity contribution in [2.24, 2.45) is 40.4 Å². The van der Waals surface area contributed by atoms with E-state index >= 15 is 0 Å². The number of methoxy groups -OCH3 is 1. The minimum absolute atomic E-state index is 0.0642. The second kappa shape index (κ2) is 7.31. The van der Waals surface area contributed by atoms with Gasteiger partial charge in [-0.3, -0.25) is 0 Å². The molecule has 3 nitrogen and oxygen atoms in total. The van der Waals surface area contributed by atoms with Crippen LogP contribution in [0.25, 0.3) is 0 Å². The Balaban J connectivity index is 1.53. The Morgan fingerprint density at radius 1 is 1.21 bits per heavy atom. The summed E-state index contributed by atoms with van der Waals surface area (Å²) in [4.78, 5) is 11.5. The summed E-state index contributed by atoms with van der Waals surface area (Å²) in [5.41, 5.74) is 2.25. The number of esters is 1. The molecule has 4 aliphatic rings. The van der Waals surface area contributed by atoms with Crippen LogP contribution in [-0.2, 0) is 9.53 Å². The van der Waals surface area contributed by atoms with Gasteiger partial charge in [-0.2, -0.15) is 0 Å². The predicted octanol–water partition coefficient (Wildman–Crippen LogP) is 5.29. The molecule has 0 aliphatic heterocycles. The predicted molar refractivity (Wildman–Crippen MR) is 112 cm³/mol. The standard InChI is InChI=1S/C25H38O3/c1-16(5-10-23(27)28-4)20-8-9-21-19-7-6-17-15-18(26)11-13-24(17,2)22(19)12-14-25(20,21)3/h5,8,10,16-19,21-22,26H,6-7,9,11-15H2,1-4H3/b10-5+/t16-,17-,18+,19+,21+,22+,24+,25-/m1/s1. The normalized spacial score (nSPS) is 46.3. The van der Waals surface area contributed by atoms with Gasteiger partial charge in [0.25, 0.3) is 0 Å². The summed E-state index contributed by atoms with van der Waals surface area (Å²) < 4.78 is 4.77. The van der Waals surface area contributed by atoms with Crippen LogP contribution in [0, 0.1) is 40.4 Å². The number of aliphatic hydroxyl groups excluding tert-OH is 1. The maximum absolute atomic E-state index is 11.5. The van der Waals surface area contributed by atoms with Crippen LogP contribution in [-0.4, -0.2) is 24.3 Å². The molecule has 0 amide bonds. The molecular weight excluding hydrogens is 348 g/mol. The second-order valence-corrected chi connectivity index (χ2v) is 10.6. The fourth-order valence-electron chi connectivity index (χ4n) is 7.94. The lowest BCUT2D eigenvalue weighted by Gasteiger charge is -2.61. The van der Waals surface area contributed by atoms with Gasteiger partial charge in [0, 0.05) is 6.08 Å². The van der Waals surface area contributed by atoms with Crippen molar-refractivity contribution in [1.29, 1.82) is 0 Å². The van der Waals surface area contributed by atoms with Crippen LogP contribution in [0.5, 0.6) is 0 Å². The zero-order chi connectivity index (χ0) is 20.1. The second-order valence-electron chi connectivity index (χ2n) is 10.6. The van der Waals surface area contributed by atoms with Gasteiger partial charge < -0.3 is 9.84 Å². The number of rotatable bonds is 3. The first-order chi connectivity index (χ1) is 13.3. The fourth-order valence-corrected chi connectivity index (χ4v) is 7.94. The molecule has 0 heterocycles. The Hall–Kier alpha value is -1.09. The van der Waals surface area contributed by atoms with Crippen molar-refractivity contribution >= 4 is 5.97 Å². The molecule has 0 bridgehead atoms. The van der Waals surface area contributed by atoms with Gasteiger partial charge in [0.2, 0.25) is 0 Å². The molecule has 8 atom stereocenters. The van der Waals surface area contributed by atoms with Gasteiger partial charge in [-0.1, -0.05) is 38.5 Å². The van der Waals surface area contributed by atoms with E-state index in [2.05, 4.69) is 26.8 Å². The molecule has 4 rings (SSSR count). The Bertz CT molecular complexity index is 679. The first-order valence-corrected chi connectivity index (χ1v) is 11.4. The highest BCUT2D eigenvalue weighted by Gasteiger charge is 2.58. The Labute approximate surface area is 170 Å². The van der Waals surface area contributed by atoms with Crippen molar-refractivity contribution in [2.45, 2.75) is 78.2 Å². The molecule has 0 radical (unpaired) electrons. The summed E-state index contributed by atoms with van der Waals surface area (Å²) in [5.74, 6) is 3.15. The largest absolute Gasteiger partial charge is 0.466 e. The maximum atomic E-state index is 11.5. The molecule has 156 valence electrons. The number of allylic oxidation sites excluding steroid dienone is 3. The van der Waals surface area contributed by atoms with Crippen molar-refractivity contribution in [1.82, 2.24) is 0 Å². The highest BCUT2D eigenvalue weighted by Crippen LogP contribution is 2.66. The summed E-state index contributed by atoms with van der Waals surface area (Å²) in [6, 6.07) is 0. The van der Waals surface area contributed by atoms with Crippen LogP contribution in [0.4, 0.5) is 0 Å². The minimum atomic E-state index is -0.262. The van der Waals surface area contributed by atoms with Crippen LogP contribution in [0.15, 0.2) is 23.8 Å². The van der Waals surface area contributed by atoms with Gasteiger partial charge in [-0.25, -0.2) is 4.79 Å². The van der Waals surface area contributed by atoms with Crippen LogP contribution in [0.1, 0.15) is 72.1 Å². The monoisotopic (exact) mass is 386 g/mol. The third-order valence-electron chi connectivity index (χ3n) is 9.49. The number of ether oxygens (including phenoxy) is 1. The molecule has 0 aromatic heterocycles. The number of fused-ring (bicyclic) bond motifs is 5. The number of carbonyl (C=O) groups excluding carboxylic acids is 1. The first-order valence-electron chi connectivity index (χ1n) is 11.4. The lowest BCUT2D eigenvalue weighted by Crippen LogP contribution is -2.53. The topological polar surface area (TPSA) is 46.5 Å². The third-order valence-corrected chi connectivity index (χ3v) is 9.49. The number of aliphatic hydroxyl groups is 1. The van der Waals surface area contributed by atoms with E-state index in [0.717, 1.165) is 36.5 Å². The average molecular weight is 387 g/mol. The van der Waals surface area contributed by atoms with Gasteiger partial charge in [0.05, 0.1) is 13.2 Å². The van der Waals surface area contributed by atoms with Crippen molar-refractivity contribution in [3.05, 3.63) is 23.8 Å². The molecule has 3 heteroatoms. The zero-order valence-corrected chi connectivity index (χ0v) is 18.1. The van der Waals surface area contributed by atoms with Gasteiger partial charge in [0.15, 0.2) is 0 Å². The number of carbonyl (C=O) groups is 1. The Morgan fingerprint density at radius 2 is 2.00 bits per heavy atom. The minimum Gasteiger partial charge on any atom is -0.466 e. The molecule has 3 fully saturated rings. The Kier molecular flexibility index (Phi) is 5.27. The summed E-state index contributed by atoms with van der Waals surface area (Å²) in [6.07, 6.45) is 15.7. The van der Waals surface area contributed by atoms with E-state index in [1.54, 1.807) is 11.6 Å². The molecule has 0 aromatic carbocycles. The molecule has 1 N–H and O–H groups in total. The smallest absolute Gasteiger partial charge is 0.330 e. The molecule has 0 saturated heterocycles. The van der Waals surface area contributed by atoms with E-state index in [-0.39, 0.29) is 17.5 Å². The average Bonchev–Trinajstić information content (AvgIpc) is 3.03. The summed E-state index contributed by atoms with van der Waals surface area (Å²) in [6.45, 7) is 7.27. The van der Waals surface area contributed by atoms with E-state index in [0.29, 0.717) is 11.3 Å². The highest BCUT2D eigenvalue weighted by atomic mass is 16.5.